The van der Waals surface area contributed by atoms with Crippen LogP contribution in [0.2, 0.25) is 0 Å². The molecule has 6 nitrogen and oxygen atoms in total. The van der Waals surface area contributed by atoms with Crippen LogP contribution in [-0.2, 0) is 7.05 Å². The Labute approximate surface area is 125 Å². The average molecular weight is 373 g/mol. The molecular weight excluding hydrogens is 357 g/mol. The maximum atomic E-state index is 5.39. The number of hydrogen-bond acceptors (Lipinski definition) is 5. The van der Waals surface area contributed by atoms with Crippen LogP contribution in [0.4, 0.5) is 5.82 Å². The van der Waals surface area contributed by atoms with Crippen LogP contribution in [0.3, 0.4) is 0 Å². The summed E-state index contributed by atoms with van der Waals surface area (Å²) in [6, 6.07) is 0. The molecule has 2 heterocycles. The van der Waals surface area contributed by atoms with Crippen LogP contribution in [-0.4, -0.2) is 33.9 Å². The molecule has 102 valence electrons. The van der Waals surface area contributed by atoms with Gasteiger partial charge in [0.15, 0.2) is 5.82 Å². The highest BCUT2D eigenvalue weighted by atomic mass is 127. The molecule has 2 aromatic rings. The van der Waals surface area contributed by atoms with Gasteiger partial charge in [-0.15, -0.1) is 0 Å². The fraction of sp³-hybridized carbons (Fsp3) is 0.417. The minimum absolute atomic E-state index is 0.629. The Kier molecular flexibility index (Phi) is 3.93. The molecule has 0 aliphatic rings. The largest absolute Gasteiger partial charge is 0.481 e. The zero-order valence-corrected chi connectivity index (χ0v) is 13.7. The van der Waals surface area contributed by atoms with E-state index in [9.17, 15) is 0 Å². The molecule has 0 aliphatic heterocycles. The molecule has 0 radical (unpaired) electrons. The lowest BCUT2D eigenvalue weighted by Crippen LogP contribution is -2.04. The highest BCUT2D eigenvalue weighted by molar-refractivity contribution is 14.1. The quantitative estimate of drug-likeness (QED) is 0.836. The lowest BCUT2D eigenvalue weighted by molar-refractivity contribution is 0.374. The molecule has 0 fully saturated rings. The third-order valence-electron chi connectivity index (χ3n) is 2.84. The molecular formula is C12H16IN5O. The standard InChI is InChI=1S/C12H16IN5O/c1-6-8(12(19-5)18(4)17-6)10-15-7(2)9(13)11(14-3)16-10/h1-5H3,(H,14,15,16). The minimum Gasteiger partial charge on any atom is -0.481 e. The number of anilines is 1. The first-order valence-corrected chi connectivity index (χ1v) is 6.87. The van der Waals surface area contributed by atoms with Gasteiger partial charge < -0.3 is 10.1 Å². The molecule has 0 amide bonds. The Bertz CT molecular complexity index is 623. The zero-order chi connectivity index (χ0) is 14.2. The van der Waals surface area contributed by atoms with Crippen molar-refractivity contribution in [2.24, 2.45) is 7.05 Å². The fourth-order valence-corrected chi connectivity index (χ4v) is 2.48. The van der Waals surface area contributed by atoms with E-state index < -0.39 is 0 Å². The third kappa shape index (κ3) is 2.38. The molecule has 2 rings (SSSR count). The van der Waals surface area contributed by atoms with E-state index in [2.05, 4.69) is 43.0 Å². The van der Waals surface area contributed by atoms with Gasteiger partial charge >= 0.3 is 0 Å². The Hall–Kier alpha value is -1.38. The number of rotatable bonds is 3. The number of ether oxygens (including phenoxy) is 1. The van der Waals surface area contributed by atoms with E-state index >= 15 is 0 Å². The van der Waals surface area contributed by atoms with Crippen molar-refractivity contribution in [3.63, 3.8) is 0 Å². The predicted octanol–water partition coefficient (Wildman–Crippen LogP) is 2.15. The molecule has 0 saturated carbocycles. The second-order valence-electron chi connectivity index (χ2n) is 4.14. The summed E-state index contributed by atoms with van der Waals surface area (Å²) >= 11 is 2.23. The molecule has 19 heavy (non-hydrogen) atoms. The van der Waals surface area contributed by atoms with Gasteiger partial charge in [-0.2, -0.15) is 5.10 Å². The summed E-state index contributed by atoms with van der Waals surface area (Å²) in [5, 5.41) is 7.44. The molecule has 2 aromatic heterocycles. The molecule has 0 unspecified atom stereocenters. The summed E-state index contributed by atoms with van der Waals surface area (Å²) in [7, 11) is 5.31. The van der Waals surface area contributed by atoms with Crippen molar-refractivity contribution in [2.75, 3.05) is 19.5 Å². The van der Waals surface area contributed by atoms with Crippen LogP contribution < -0.4 is 10.1 Å². The number of aryl methyl sites for hydroxylation is 3. The maximum absolute atomic E-state index is 5.39. The predicted molar refractivity (Wildman–Crippen MR) is 82.5 cm³/mol. The number of methoxy groups -OCH3 is 1. The van der Waals surface area contributed by atoms with Crippen molar-refractivity contribution in [2.45, 2.75) is 13.8 Å². The lowest BCUT2D eigenvalue weighted by Gasteiger charge is -2.09. The van der Waals surface area contributed by atoms with E-state index in [1.165, 1.54) is 0 Å². The number of halogens is 1. The number of hydrogen-bond donors (Lipinski definition) is 1. The smallest absolute Gasteiger partial charge is 0.222 e. The fourth-order valence-electron chi connectivity index (χ4n) is 1.97. The second kappa shape index (κ2) is 5.32. The topological polar surface area (TPSA) is 64.9 Å². The van der Waals surface area contributed by atoms with Crippen LogP contribution in [0.15, 0.2) is 0 Å². The molecule has 0 aromatic carbocycles. The van der Waals surface area contributed by atoms with Crippen LogP contribution in [0.25, 0.3) is 11.4 Å². The SMILES string of the molecule is CNc1nc(-c2c(C)nn(C)c2OC)nc(C)c1I. The first-order chi connectivity index (χ1) is 8.99. The Morgan fingerprint density at radius 3 is 2.47 bits per heavy atom. The number of aromatic nitrogens is 4. The Morgan fingerprint density at radius 2 is 1.89 bits per heavy atom. The van der Waals surface area contributed by atoms with Crippen LogP contribution >= 0.6 is 22.6 Å². The van der Waals surface area contributed by atoms with E-state index in [0.717, 1.165) is 26.3 Å². The van der Waals surface area contributed by atoms with Gasteiger partial charge in [0.2, 0.25) is 5.88 Å². The highest BCUT2D eigenvalue weighted by Gasteiger charge is 2.20. The van der Waals surface area contributed by atoms with Gasteiger partial charge in [0.1, 0.15) is 11.4 Å². The van der Waals surface area contributed by atoms with Crippen LogP contribution in [0.1, 0.15) is 11.4 Å². The van der Waals surface area contributed by atoms with E-state index in [1.54, 1.807) is 11.8 Å². The minimum atomic E-state index is 0.629. The first kappa shape index (κ1) is 14.0. The van der Waals surface area contributed by atoms with E-state index in [4.69, 9.17) is 4.74 Å². The van der Waals surface area contributed by atoms with Gasteiger partial charge in [-0.3, -0.25) is 0 Å². The van der Waals surface area contributed by atoms with Gasteiger partial charge in [0.25, 0.3) is 0 Å². The highest BCUT2D eigenvalue weighted by Crippen LogP contribution is 2.32. The van der Waals surface area contributed by atoms with Gasteiger partial charge in [-0.25, -0.2) is 14.6 Å². The first-order valence-electron chi connectivity index (χ1n) is 5.79. The Balaban J connectivity index is 2.69. The molecule has 0 aliphatic carbocycles. The van der Waals surface area contributed by atoms with E-state index in [0.29, 0.717) is 11.7 Å². The number of nitrogens with one attached hydrogen (secondary N) is 1. The normalized spacial score (nSPS) is 10.6. The third-order valence-corrected chi connectivity index (χ3v) is 4.13. The lowest BCUT2D eigenvalue weighted by atomic mass is 10.2. The molecule has 0 atom stereocenters. The van der Waals surface area contributed by atoms with Crippen LogP contribution in [0, 0.1) is 17.4 Å². The van der Waals surface area contributed by atoms with Crippen molar-refractivity contribution in [1.82, 2.24) is 19.7 Å². The summed E-state index contributed by atoms with van der Waals surface area (Å²) in [6.07, 6.45) is 0. The average Bonchev–Trinajstić information content (AvgIpc) is 2.66. The zero-order valence-electron chi connectivity index (χ0n) is 11.6. The summed E-state index contributed by atoms with van der Waals surface area (Å²) in [5.74, 6) is 2.11. The van der Waals surface area contributed by atoms with Gasteiger partial charge in [0, 0.05) is 14.1 Å². The van der Waals surface area contributed by atoms with E-state index in [1.807, 2.05) is 27.9 Å². The molecule has 0 saturated heterocycles. The molecule has 1 N–H and O–H groups in total. The van der Waals surface area contributed by atoms with Crippen molar-refractivity contribution in [3.05, 3.63) is 15.0 Å². The van der Waals surface area contributed by atoms with Gasteiger partial charge in [-0.05, 0) is 36.4 Å². The summed E-state index contributed by atoms with van der Waals surface area (Å²) in [4.78, 5) is 9.08. The van der Waals surface area contributed by atoms with Crippen LogP contribution in [0.5, 0.6) is 5.88 Å². The summed E-state index contributed by atoms with van der Waals surface area (Å²) in [5.41, 5.74) is 2.61. The van der Waals surface area contributed by atoms with Gasteiger partial charge in [-0.1, -0.05) is 0 Å². The Morgan fingerprint density at radius 1 is 1.21 bits per heavy atom. The number of nitrogens with zero attached hydrogens (tertiary/aromatic N) is 4. The van der Waals surface area contributed by atoms with Gasteiger partial charge in [0.05, 0.1) is 22.1 Å². The summed E-state index contributed by atoms with van der Waals surface area (Å²) < 4.78 is 8.11. The molecule has 0 spiro atoms. The van der Waals surface area contributed by atoms with Crippen molar-refractivity contribution in [1.29, 1.82) is 0 Å². The second-order valence-corrected chi connectivity index (χ2v) is 5.22. The molecule has 7 heteroatoms. The van der Waals surface area contributed by atoms with Crippen molar-refractivity contribution in [3.8, 4) is 17.3 Å². The van der Waals surface area contributed by atoms with Crippen molar-refractivity contribution < 1.29 is 4.74 Å². The summed E-state index contributed by atoms with van der Waals surface area (Å²) in [6.45, 7) is 3.89. The van der Waals surface area contributed by atoms with E-state index in [-0.39, 0.29) is 0 Å². The molecule has 0 bridgehead atoms. The van der Waals surface area contributed by atoms with Crippen molar-refractivity contribution >= 4 is 28.4 Å². The maximum Gasteiger partial charge on any atom is 0.222 e. The monoisotopic (exact) mass is 373 g/mol.